The van der Waals surface area contributed by atoms with Gasteiger partial charge in [-0.05, 0) is 37.6 Å². The van der Waals surface area contributed by atoms with Crippen molar-refractivity contribution in [1.29, 1.82) is 0 Å². The molecular weight excluding hydrogens is 406 g/mol. The van der Waals surface area contributed by atoms with Gasteiger partial charge < -0.3 is 19.9 Å². The second kappa shape index (κ2) is 9.12. The minimum atomic E-state index is -0.634. The van der Waals surface area contributed by atoms with Crippen LogP contribution in [-0.2, 0) is 11.3 Å². The average Bonchev–Trinajstić information content (AvgIpc) is 3.06. The first kappa shape index (κ1) is 22.0. The van der Waals surface area contributed by atoms with Crippen LogP contribution in [-0.4, -0.2) is 45.6 Å². The number of fused-ring (bicyclic) bond motifs is 4. The van der Waals surface area contributed by atoms with Gasteiger partial charge in [-0.1, -0.05) is 37.3 Å². The number of rotatable bonds is 6. The molecule has 3 heterocycles. The van der Waals surface area contributed by atoms with Gasteiger partial charge in [-0.25, -0.2) is 0 Å². The summed E-state index contributed by atoms with van der Waals surface area (Å²) in [6.07, 6.45) is 4.35. The number of benzene rings is 1. The van der Waals surface area contributed by atoms with Gasteiger partial charge in [0.2, 0.25) is 5.91 Å². The summed E-state index contributed by atoms with van der Waals surface area (Å²) in [6, 6.07) is 11.4. The normalized spacial score (nSPS) is 23.9. The molecule has 1 aromatic heterocycles. The summed E-state index contributed by atoms with van der Waals surface area (Å²) < 4.78 is 1.68. The average molecular weight is 436 g/mol. The summed E-state index contributed by atoms with van der Waals surface area (Å²) in [5, 5.41) is 13.2. The van der Waals surface area contributed by atoms with Gasteiger partial charge in [-0.2, -0.15) is 0 Å². The highest BCUT2D eigenvalue weighted by Crippen LogP contribution is 2.48. The van der Waals surface area contributed by atoms with Crippen molar-refractivity contribution < 1.29 is 14.7 Å². The second-order valence-corrected chi connectivity index (χ2v) is 8.38. The van der Waals surface area contributed by atoms with Crippen LogP contribution in [0.15, 0.2) is 53.3 Å². The van der Waals surface area contributed by atoms with Gasteiger partial charge in [0.1, 0.15) is 0 Å². The molecule has 168 valence electrons. The molecule has 32 heavy (non-hydrogen) atoms. The number of hydrogen-bond donors (Lipinski definition) is 2. The van der Waals surface area contributed by atoms with Gasteiger partial charge in [0.25, 0.3) is 11.5 Å². The van der Waals surface area contributed by atoms with E-state index in [0.717, 1.165) is 6.42 Å². The number of nitrogens with one attached hydrogen (secondary N) is 1. The Morgan fingerprint density at radius 1 is 1.19 bits per heavy atom. The van der Waals surface area contributed by atoms with Crippen LogP contribution in [0.25, 0.3) is 6.08 Å². The Morgan fingerprint density at radius 3 is 2.59 bits per heavy atom. The maximum Gasteiger partial charge on any atom is 0.258 e. The predicted molar refractivity (Wildman–Crippen MR) is 122 cm³/mol. The first-order valence-corrected chi connectivity index (χ1v) is 11.2. The monoisotopic (exact) mass is 435 g/mol. The third-order valence-electron chi connectivity index (χ3n) is 6.53. The third-order valence-corrected chi connectivity index (χ3v) is 6.53. The van der Waals surface area contributed by atoms with Crippen molar-refractivity contribution in [2.24, 2.45) is 11.8 Å². The Morgan fingerprint density at radius 2 is 1.94 bits per heavy atom. The fourth-order valence-electron chi connectivity index (χ4n) is 5.10. The lowest BCUT2D eigenvalue weighted by atomic mass is 9.86. The van der Waals surface area contributed by atoms with Crippen LogP contribution in [0.1, 0.15) is 47.9 Å². The van der Waals surface area contributed by atoms with Crippen molar-refractivity contribution in [3.63, 3.8) is 0 Å². The van der Waals surface area contributed by atoms with Crippen LogP contribution in [0.5, 0.6) is 0 Å². The van der Waals surface area contributed by atoms with E-state index in [4.69, 9.17) is 0 Å². The molecule has 0 unspecified atom stereocenters. The second-order valence-electron chi connectivity index (χ2n) is 8.38. The van der Waals surface area contributed by atoms with Crippen molar-refractivity contribution in [3.05, 3.63) is 75.7 Å². The molecule has 1 aromatic carbocycles. The Balaban J connectivity index is 1.86. The summed E-state index contributed by atoms with van der Waals surface area (Å²) in [5.74, 6) is -1.48. The fraction of sp³-hybridized carbons (Fsp3) is 0.400. The molecule has 2 aliphatic rings. The highest BCUT2D eigenvalue weighted by Gasteiger charge is 2.57. The lowest BCUT2D eigenvalue weighted by Gasteiger charge is -2.38. The number of hydrogen-bond acceptors (Lipinski definition) is 4. The van der Waals surface area contributed by atoms with Crippen LogP contribution < -0.4 is 10.9 Å². The number of carbonyl (C=O) groups excluding carboxylic acids is 2. The summed E-state index contributed by atoms with van der Waals surface area (Å²) in [4.78, 5) is 41.7. The van der Waals surface area contributed by atoms with Gasteiger partial charge in [-0.15, -0.1) is 0 Å². The number of pyridine rings is 1. The molecular formula is C25H29N3O4. The Labute approximate surface area is 187 Å². The third kappa shape index (κ3) is 3.56. The van der Waals surface area contributed by atoms with E-state index in [1.54, 1.807) is 45.9 Å². The van der Waals surface area contributed by atoms with Gasteiger partial charge in [0, 0.05) is 42.4 Å². The molecule has 0 spiro atoms. The molecule has 0 radical (unpaired) electrons. The summed E-state index contributed by atoms with van der Waals surface area (Å²) >= 11 is 0. The molecule has 2 amide bonds. The maximum atomic E-state index is 13.6. The van der Waals surface area contributed by atoms with Gasteiger partial charge in [-0.3, -0.25) is 14.4 Å². The van der Waals surface area contributed by atoms with Crippen LogP contribution in [0, 0.1) is 11.8 Å². The highest BCUT2D eigenvalue weighted by atomic mass is 16.3. The van der Waals surface area contributed by atoms with E-state index in [1.165, 1.54) is 0 Å². The Kier molecular flexibility index (Phi) is 6.28. The quantitative estimate of drug-likeness (QED) is 0.728. The number of aliphatic hydroxyl groups is 1. The fourth-order valence-corrected chi connectivity index (χ4v) is 5.10. The molecule has 2 aromatic rings. The lowest BCUT2D eigenvalue weighted by Crippen LogP contribution is -2.49. The van der Waals surface area contributed by atoms with E-state index >= 15 is 0 Å². The zero-order valence-electron chi connectivity index (χ0n) is 18.4. The van der Waals surface area contributed by atoms with Crippen LogP contribution >= 0.6 is 0 Å². The maximum absolute atomic E-state index is 13.6. The van der Waals surface area contributed by atoms with Crippen molar-refractivity contribution >= 4 is 17.9 Å². The largest absolute Gasteiger partial charge is 0.396 e. The predicted octanol–water partition coefficient (Wildman–Crippen LogP) is 2.21. The number of aromatic nitrogens is 1. The standard InChI is InChI=1S/C25H29N3O4/c1-3-8-16-11-12-19-22-21(23(30)26-13-4-2)18(15-29)20(14-27(19)24(16)31)28(22)25(32)17-9-6-5-7-10-17/h3,5-12,18,20-22,29H,4,13-15H2,1-2H3,(H,26,30)/b8-3-/t18-,20-,21+,22+/m0/s1. The zero-order chi connectivity index (χ0) is 22.8. The molecule has 7 heteroatoms. The molecule has 7 nitrogen and oxygen atoms in total. The zero-order valence-corrected chi connectivity index (χ0v) is 18.4. The molecule has 0 saturated carbocycles. The summed E-state index contributed by atoms with van der Waals surface area (Å²) in [7, 11) is 0. The van der Waals surface area contributed by atoms with Crippen molar-refractivity contribution in [3.8, 4) is 0 Å². The van der Waals surface area contributed by atoms with Crippen molar-refractivity contribution in [1.82, 2.24) is 14.8 Å². The number of allylic oxidation sites excluding steroid dienone is 1. The molecule has 1 saturated heterocycles. The number of amides is 2. The number of aliphatic hydroxyl groups excluding tert-OH is 1. The van der Waals surface area contributed by atoms with Gasteiger partial charge in [0.15, 0.2) is 0 Å². The number of nitrogens with zero attached hydrogens (tertiary/aromatic N) is 2. The van der Waals surface area contributed by atoms with E-state index in [-0.39, 0.29) is 30.5 Å². The minimum Gasteiger partial charge on any atom is -0.396 e. The summed E-state index contributed by atoms with van der Waals surface area (Å²) in [6.45, 7) is 4.35. The van der Waals surface area contributed by atoms with Crippen molar-refractivity contribution in [2.45, 2.75) is 38.9 Å². The Hall–Kier alpha value is -3.19. The topological polar surface area (TPSA) is 91.6 Å². The molecule has 0 aliphatic carbocycles. The van der Waals surface area contributed by atoms with E-state index < -0.39 is 23.9 Å². The molecule has 2 bridgehead atoms. The van der Waals surface area contributed by atoms with E-state index in [9.17, 15) is 19.5 Å². The van der Waals surface area contributed by atoms with Crippen LogP contribution in [0.3, 0.4) is 0 Å². The van der Waals surface area contributed by atoms with Gasteiger partial charge >= 0.3 is 0 Å². The molecule has 4 atom stereocenters. The Bertz CT molecular complexity index is 1090. The molecule has 2 N–H and O–H groups in total. The SMILES string of the molecule is C/C=C\c1ccc2n(c1=O)C[C@H]1[C@H](CO)[C@@H](C(=O)NCCC)[C@@H]2N1C(=O)c1ccccc1. The van der Waals surface area contributed by atoms with Gasteiger partial charge in [0.05, 0.1) is 18.0 Å². The minimum absolute atomic E-state index is 0.145. The highest BCUT2D eigenvalue weighted by molar-refractivity contribution is 5.96. The van der Waals surface area contributed by atoms with E-state index in [1.807, 2.05) is 32.1 Å². The van der Waals surface area contributed by atoms with E-state index in [2.05, 4.69) is 5.32 Å². The first-order chi connectivity index (χ1) is 15.5. The first-order valence-electron chi connectivity index (χ1n) is 11.2. The molecule has 4 rings (SSSR count). The van der Waals surface area contributed by atoms with Crippen LogP contribution in [0.4, 0.5) is 0 Å². The number of carbonyl (C=O) groups is 2. The van der Waals surface area contributed by atoms with Crippen molar-refractivity contribution in [2.75, 3.05) is 13.2 Å². The van der Waals surface area contributed by atoms with E-state index in [0.29, 0.717) is 23.4 Å². The van der Waals surface area contributed by atoms with Crippen LogP contribution in [0.2, 0.25) is 0 Å². The lowest BCUT2D eigenvalue weighted by molar-refractivity contribution is -0.127. The molecule has 1 fully saturated rings. The smallest absolute Gasteiger partial charge is 0.258 e. The summed E-state index contributed by atoms with van der Waals surface area (Å²) in [5.41, 5.74) is 1.58. The molecule has 2 aliphatic heterocycles.